The Morgan fingerprint density at radius 2 is 1.60 bits per heavy atom. The zero-order valence-electron chi connectivity index (χ0n) is 13.8. The molecule has 1 aromatic heterocycles. The van der Waals surface area contributed by atoms with Crippen molar-refractivity contribution in [3.8, 4) is 0 Å². The number of aromatic nitrogens is 1. The van der Waals surface area contributed by atoms with Crippen molar-refractivity contribution in [1.29, 1.82) is 0 Å². The number of hydrogen-bond acceptors (Lipinski definition) is 3. The quantitative estimate of drug-likeness (QED) is 0.751. The van der Waals surface area contributed by atoms with E-state index < -0.39 is 5.60 Å². The monoisotopic (exact) mass is 332 g/mol. The number of aromatic amines is 1. The van der Waals surface area contributed by atoms with Crippen molar-refractivity contribution in [2.75, 3.05) is 6.61 Å². The zero-order valence-corrected chi connectivity index (χ0v) is 13.8. The number of H-pyrrole nitrogens is 1. The molecule has 4 nitrogen and oxygen atoms in total. The van der Waals surface area contributed by atoms with Gasteiger partial charge < -0.3 is 14.8 Å². The number of benzene rings is 2. The molecule has 0 unspecified atom stereocenters. The summed E-state index contributed by atoms with van der Waals surface area (Å²) in [6.07, 6.45) is 2.31. The Balaban J connectivity index is 1.66. The van der Waals surface area contributed by atoms with Crippen LogP contribution < -0.4 is 0 Å². The summed E-state index contributed by atoms with van der Waals surface area (Å²) in [6.45, 7) is 0.469. The van der Waals surface area contributed by atoms with Gasteiger partial charge in [0.15, 0.2) is 0 Å². The van der Waals surface area contributed by atoms with Gasteiger partial charge in [-0.25, -0.2) is 4.99 Å². The van der Waals surface area contributed by atoms with Crippen LogP contribution >= 0.6 is 0 Å². The van der Waals surface area contributed by atoms with Crippen molar-refractivity contribution in [2.45, 2.75) is 18.1 Å². The van der Waals surface area contributed by atoms with Gasteiger partial charge in [-0.15, -0.1) is 0 Å². The summed E-state index contributed by atoms with van der Waals surface area (Å²) in [6, 6.07) is 23.3. The van der Waals surface area contributed by atoms with Gasteiger partial charge in [0.2, 0.25) is 5.90 Å². The van der Waals surface area contributed by atoms with Gasteiger partial charge >= 0.3 is 0 Å². The van der Waals surface area contributed by atoms with Crippen LogP contribution in [0, 0.1) is 0 Å². The third-order valence-corrected chi connectivity index (χ3v) is 4.57. The molecule has 0 bridgehead atoms. The van der Waals surface area contributed by atoms with Crippen molar-refractivity contribution in [3.05, 3.63) is 95.8 Å². The highest BCUT2D eigenvalue weighted by molar-refractivity contribution is 5.93. The van der Waals surface area contributed by atoms with E-state index >= 15 is 0 Å². The molecule has 0 amide bonds. The topological polar surface area (TPSA) is 57.6 Å². The Morgan fingerprint density at radius 3 is 2.16 bits per heavy atom. The van der Waals surface area contributed by atoms with Gasteiger partial charge in [0.1, 0.15) is 17.9 Å². The van der Waals surface area contributed by atoms with Crippen LogP contribution in [0.2, 0.25) is 0 Å². The zero-order chi connectivity index (χ0) is 17.1. The summed E-state index contributed by atoms with van der Waals surface area (Å²) in [7, 11) is 0. The number of nitrogens with zero attached hydrogens (tertiary/aromatic N) is 1. The van der Waals surface area contributed by atoms with Gasteiger partial charge in [-0.2, -0.15) is 0 Å². The molecular weight excluding hydrogens is 312 g/mol. The Morgan fingerprint density at radius 1 is 0.960 bits per heavy atom. The predicted molar refractivity (Wildman–Crippen MR) is 97.6 cm³/mol. The standard InChI is InChI=1S/C21H20N2O2/c24-21(16-8-3-1-4-9-16,17-10-5-2-6-11-17)14-18-15-25-20(23-18)19-12-7-13-22-19/h1-13,18,22,24H,14-15H2/t18-/m0/s1. The van der Waals surface area contributed by atoms with Crippen LogP contribution in [0.25, 0.3) is 0 Å². The Labute approximate surface area is 146 Å². The second kappa shape index (κ2) is 6.57. The molecule has 0 radical (unpaired) electrons. The second-order valence-electron chi connectivity index (χ2n) is 6.28. The third kappa shape index (κ3) is 3.08. The third-order valence-electron chi connectivity index (χ3n) is 4.57. The fraction of sp³-hybridized carbons (Fsp3) is 0.190. The summed E-state index contributed by atoms with van der Waals surface area (Å²) in [4.78, 5) is 7.78. The van der Waals surface area contributed by atoms with E-state index in [0.29, 0.717) is 18.9 Å². The maximum atomic E-state index is 11.6. The van der Waals surface area contributed by atoms with Gasteiger partial charge in [0.05, 0.1) is 6.04 Å². The van der Waals surface area contributed by atoms with Crippen LogP contribution in [0.3, 0.4) is 0 Å². The molecule has 0 spiro atoms. The van der Waals surface area contributed by atoms with Crippen LogP contribution in [0.1, 0.15) is 23.2 Å². The van der Waals surface area contributed by atoms with E-state index in [1.807, 2.05) is 79.0 Å². The van der Waals surface area contributed by atoms with E-state index in [1.54, 1.807) is 0 Å². The molecule has 0 saturated carbocycles. The SMILES string of the molecule is OC(C[C@H]1COC(c2ccc[nH]2)=N1)(c1ccccc1)c1ccccc1. The van der Waals surface area contributed by atoms with Crippen molar-refractivity contribution >= 4 is 5.90 Å². The molecule has 1 aliphatic heterocycles. The van der Waals surface area contributed by atoms with E-state index in [2.05, 4.69) is 9.98 Å². The highest BCUT2D eigenvalue weighted by Crippen LogP contribution is 2.35. The number of aliphatic hydroxyl groups is 1. The minimum absolute atomic E-state index is 0.108. The van der Waals surface area contributed by atoms with Crippen molar-refractivity contribution in [1.82, 2.24) is 4.98 Å². The van der Waals surface area contributed by atoms with Crippen LogP contribution in [0.15, 0.2) is 84.0 Å². The maximum Gasteiger partial charge on any atom is 0.233 e. The molecule has 25 heavy (non-hydrogen) atoms. The van der Waals surface area contributed by atoms with E-state index in [1.165, 1.54) is 0 Å². The van der Waals surface area contributed by atoms with Crippen LogP contribution in [0.5, 0.6) is 0 Å². The average Bonchev–Trinajstić information content (AvgIpc) is 3.35. The molecule has 0 fully saturated rings. The van der Waals surface area contributed by atoms with Gasteiger partial charge in [-0.05, 0) is 23.3 Å². The first-order chi connectivity index (χ1) is 12.3. The van der Waals surface area contributed by atoms with Gasteiger partial charge in [0, 0.05) is 12.6 Å². The summed E-state index contributed by atoms with van der Waals surface area (Å²) in [5.74, 6) is 0.610. The van der Waals surface area contributed by atoms with E-state index in [4.69, 9.17) is 4.74 Å². The number of nitrogens with one attached hydrogen (secondary N) is 1. The maximum absolute atomic E-state index is 11.6. The highest BCUT2D eigenvalue weighted by Gasteiger charge is 2.36. The fourth-order valence-corrected chi connectivity index (χ4v) is 3.30. The van der Waals surface area contributed by atoms with Gasteiger partial charge in [-0.1, -0.05) is 60.7 Å². The first-order valence-corrected chi connectivity index (χ1v) is 8.43. The van der Waals surface area contributed by atoms with Crippen LogP contribution in [-0.2, 0) is 10.3 Å². The normalized spacial score (nSPS) is 17.2. The Kier molecular flexibility index (Phi) is 4.12. The molecule has 0 saturated heterocycles. The van der Waals surface area contributed by atoms with Crippen molar-refractivity contribution in [2.24, 2.45) is 4.99 Å². The average molecular weight is 332 g/mol. The molecule has 0 aliphatic carbocycles. The predicted octanol–water partition coefficient (Wildman–Crippen LogP) is 3.49. The molecule has 2 aromatic carbocycles. The lowest BCUT2D eigenvalue weighted by molar-refractivity contribution is 0.0603. The fourth-order valence-electron chi connectivity index (χ4n) is 3.30. The molecule has 4 heteroatoms. The molecule has 126 valence electrons. The van der Waals surface area contributed by atoms with Crippen molar-refractivity contribution in [3.63, 3.8) is 0 Å². The summed E-state index contributed by atoms with van der Waals surface area (Å²) >= 11 is 0. The Hall–Kier alpha value is -2.85. The lowest BCUT2D eigenvalue weighted by Gasteiger charge is -2.30. The smallest absolute Gasteiger partial charge is 0.233 e. The minimum Gasteiger partial charge on any atom is -0.474 e. The second-order valence-corrected chi connectivity index (χ2v) is 6.28. The lowest BCUT2D eigenvalue weighted by atomic mass is 9.81. The number of ether oxygens (including phenoxy) is 1. The van der Waals surface area contributed by atoms with E-state index in [-0.39, 0.29) is 6.04 Å². The summed E-state index contributed by atoms with van der Waals surface area (Å²) in [5, 5.41) is 11.6. The van der Waals surface area contributed by atoms with Crippen LogP contribution in [-0.4, -0.2) is 28.6 Å². The first kappa shape index (κ1) is 15.7. The van der Waals surface area contributed by atoms with Gasteiger partial charge in [0.25, 0.3) is 0 Å². The molecule has 3 aromatic rings. The van der Waals surface area contributed by atoms with Gasteiger partial charge in [-0.3, -0.25) is 0 Å². The largest absolute Gasteiger partial charge is 0.474 e. The Bertz CT molecular complexity index is 803. The van der Waals surface area contributed by atoms with Crippen LogP contribution in [0.4, 0.5) is 0 Å². The van der Waals surface area contributed by atoms with E-state index in [9.17, 15) is 5.11 Å². The number of rotatable bonds is 5. The molecule has 2 heterocycles. The molecule has 1 atom stereocenters. The molecule has 4 rings (SSSR count). The highest BCUT2D eigenvalue weighted by atomic mass is 16.5. The molecule has 2 N–H and O–H groups in total. The molecular formula is C21H20N2O2. The lowest BCUT2D eigenvalue weighted by Crippen LogP contribution is -2.32. The number of hydrogen-bond donors (Lipinski definition) is 2. The minimum atomic E-state index is -1.11. The first-order valence-electron chi connectivity index (χ1n) is 8.43. The van der Waals surface area contributed by atoms with E-state index in [0.717, 1.165) is 16.8 Å². The summed E-state index contributed by atoms with van der Waals surface area (Å²) in [5.41, 5.74) is 1.49. The van der Waals surface area contributed by atoms with Crippen molar-refractivity contribution < 1.29 is 9.84 Å². The molecule has 1 aliphatic rings. The summed E-state index contributed by atoms with van der Waals surface area (Å²) < 4.78 is 5.74. The number of aliphatic imine (C=N–C) groups is 1.